The van der Waals surface area contributed by atoms with Crippen molar-refractivity contribution in [3.63, 3.8) is 0 Å². The number of aromatic nitrogens is 1. The Bertz CT molecular complexity index is 2250. The third-order valence-corrected chi connectivity index (χ3v) is 15.6. The van der Waals surface area contributed by atoms with E-state index in [9.17, 15) is 4.57 Å². The quantitative estimate of drug-likeness (QED) is 0.0342. The lowest BCUT2D eigenvalue weighted by Gasteiger charge is -2.11. The minimum absolute atomic E-state index is 0.105. The van der Waals surface area contributed by atoms with Crippen molar-refractivity contribution in [2.45, 2.75) is 263 Å². The van der Waals surface area contributed by atoms with E-state index in [1.54, 1.807) is 0 Å². The number of pyridine rings is 1. The molecule has 0 fully saturated rings. The van der Waals surface area contributed by atoms with Gasteiger partial charge in [0.15, 0.2) is 0 Å². The van der Waals surface area contributed by atoms with Gasteiger partial charge in [-0.3, -0.25) is 4.52 Å². The fourth-order valence-electron chi connectivity index (χ4n) is 9.42. The van der Waals surface area contributed by atoms with Crippen LogP contribution in [-0.4, -0.2) is 27.9 Å². The predicted octanol–water partition coefficient (Wildman–Crippen LogP) is 23.1. The van der Waals surface area contributed by atoms with Crippen LogP contribution in [0.4, 0.5) is 5.82 Å². The second-order valence-electron chi connectivity index (χ2n) is 23.6. The van der Waals surface area contributed by atoms with Gasteiger partial charge in [0.05, 0.1) is 6.61 Å². The standard InChI is InChI=1S/C72H117N2O4P/c1-59(30-17-32-61(3)34-19-36-63(5)38-21-40-65(7)42-23-44-67(9)46-25-48-69(11)50-27-52-71(13)55-58-78-79(75,76)77)29-16-31-60(2)33-18-35-62(4)37-20-39-64(6)41-22-43-66(8)45-24-47-68(10)49-26-51-70(12)53-28-57-74-72-54-14-15-56-73-72/h14-15,30-31,34-35,38-39,42-43,46-47,50-51,54,56,71H,16-29,32-33,36-37,40-41,44-45,48-49,52-53,55,57-58H2,1-13H3,(H,73,74)(H2,75,76,77)/b59-30-,60-31-,61-34-,62-35-,63-38-,64-39-,65-42-,66-43-,67-46-,68-47+,69-50-,70-51+. The molecule has 0 saturated carbocycles. The molecule has 1 heterocycles. The number of anilines is 1. The number of phosphoric acid groups is 1. The first-order valence-electron chi connectivity index (χ1n) is 30.9. The highest BCUT2D eigenvalue weighted by molar-refractivity contribution is 7.46. The monoisotopic (exact) mass is 1100 g/mol. The van der Waals surface area contributed by atoms with Gasteiger partial charge in [-0.1, -0.05) is 153 Å². The van der Waals surface area contributed by atoms with Crippen molar-refractivity contribution >= 4 is 13.6 Å². The van der Waals surface area contributed by atoms with E-state index in [1.807, 2.05) is 24.4 Å². The Hall–Kier alpha value is -4.06. The van der Waals surface area contributed by atoms with Crippen LogP contribution in [-0.2, 0) is 9.09 Å². The molecule has 0 saturated heterocycles. The molecule has 0 spiro atoms. The summed E-state index contributed by atoms with van der Waals surface area (Å²) in [4.78, 5) is 22.0. The maximum absolute atomic E-state index is 10.8. The van der Waals surface area contributed by atoms with Crippen LogP contribution >= 0.6 is 7.82 Å². The SMILES string of the molecule is C/C(=C/CC/C(C)=C\CC/C(C)=C\CC/C(C)=C\CC/C(C)=C\CCC(C)CCOP(=O)(O)O)CC/C=C(/C)CC/C=C(/C)CC/C=C(/C)CC/C=C(/C)CC/C=C(/C)CC/C=C(\C)CC/C=C(\C)CCCNc1ccccn1. The van der Waals surface area contributed by atoms with Crippen molar-refractivity contribution in [2.75, 3.05) is 18.5 Å². The number of hydrogen-bond donors (Lipinski definition) is 3. The lowest BCUT2D eigenvalue weighted by atomic mass is 10.0. The molecule has 0 radical (unpaired) electrons. The van der Waals surface area contributed by atoms with Gasteiger partial charge in [0.25, 0.3) is 0 Å². The smallest absolute Gasteiger partial charge is 0.370 e. The highest BCUT2D eigenvalue weighted by Gasteiger charge is 2.14. The van der Waals surface area contributed by atoms with Crippen LogP contribution in [0, 0.1) is 5.92 Å². The van der Waals surface area contributed by atoms with Crippen LogP contribution in [0.15, 0.2) is 164 Å². The lowest BCUT2D eigenvalue weighted by Crippen LogP contribution is -2.02. The van der Waals surface area contributed by atoms with Crippen molar-refractivity contribution < 1.29 is 18.9 Å². The van der Waals surface area contributed by atoms with E-state index < -0.39 is 7.82 Å². The molecule has 1 unspecified atom stereocenters. The van der Waals surface area contributed by atoms with Crippen LogP contribution in [0.5, 0.6) is 0 Å². The molecule has 1 aromatic heterocycles. The molecular weight excluding hydrogens is 988 g/mol. The largest absolute Gasteiger partial charge is 0.469 e. The molecule has 0 aliphatic carbocycles. The van der Waals surface area contributed by atoms with Crippen LogP contribution in [0.2, 0.25) is 0 Å². The Morgan fingerprint density at radius 1 is 0.430 bits per heavy atom. The molecule has 1 aromatic rings. The van der Waals surface area contributed by atoms with Gasteiger partial charge < -0.3 is 15.1 Å². The Morgan fingerprint density at radius 2 is 0.696 bits per heavy atom. The molecule has 79 heavy (non-hydrogen) atoms. The van der Waals surface area contributed by atoms with E-state index >= 15 is 0 Å². The zero-order valence-electron chi connectivity index (χ0n) is 52.9. The van der Waals surface area contributed by atoms with Crippen molar-refractivity contribution in [2.24, 2.45) is 5.92 Å². The first-order valence-corrected chi connectivity index (χ1v) is 32.5. The van der Waals surface area contributed by atoms with Gasteiger partial charge in [-0.05, 0) is 274 Å². The molecule has 1 atom stereocenters. The minimum Gasteiger partial charge on any atom is -0.370 e. The van der Waals surface area contributed by atoms with Gasteiger partial charge in [0.2, 0.25) is 0 Å². The summed E-state index contributed by atoms with van der Waals surface area (Å²) in [6, 6.07) is 5.99. The molecule has 0 aliphatic heterocycles. The van der Waals surface area contributed by atoms with E-state index in [0.717, 1.165) is 179 Å². The Kier molecular flexibility index (Phi) is 43.0. The van der Waals surface area contributed by atoms with Gasteiger partial charge in [0.1, 0.15) is 5.82 Å². The summed E-state index contributed by atoms with van der Waals surface area (Å²) >= 11 is 0. The first-order chi connectivity index (χ1) is 37.7. The van der Waals surface area contributed by atoms with Gasteiger partial charge in [-0.2, -0.15) is 0 Å². The van der Waals surface area contributed by atoms with Gasteiger partial charge in [-0.25, -0.2) is 9.55 Å². The third kappa shape index (κ3) is 47.3. The molecule has 0 aromatic carbocycles. The van der Waals surface area contributed by atoms with E-state index in [2.05, 4.69) is 178 Å². The number of nitrogens with zero attached hydrogens (tertiary/aromatic N) is 1. The summed E-state index contributed by atoms with van der Waals surface area (Å²) in [5, 5.41) is 3.40. The topological polar surface area (TPSA) is 91.7 Å². The van der Waals surface area contributed by atoms with E-state index in [0.29, 0.717) is 12.3 Å². The van der Waals surface area contributed by atoms with Gasteiger partial charge >= 0.3 is 7.82 Å². The lowest BCUT2D eigenvalue weighted by molar-refractivity contribution is 0.185. The zero-order chi connectivity index (χ0) is 58.5. The first kappa shape index (κ1) is 73.0. The molecule has 7 heteroatoms. The van der Waals surface area contributed by atoms with E-state index in [4.69, 9.17) is 9.79 Å². The van der Waals surface area contributed by atoms with Crippen LogP contribution in [0.1, 0.15) is 263 Å². The highest BCUT2D eigenvalue weighted by atomic mass is 31.2. The molecule has 0 amide bonds. The summed E-state index contributed by atoms with van der Waals surface area (Å²) in [6.45, 7) is 30.6. The Balaban J connectivity index is 2.20. The van der Waals surface area contributed by atoms with Crippen LogP contribution in [0.25, 0.3) is 0 Å². The molecule has 444 valence electrons. The van der Waals surface area contributed by atoms with Crippen molar-refractivity contribution in [1.29, 1.82) is 0 Å². The molecule has 1 rings (SSSR count). The number of allylic oxidation sites excluding steroid dienone is 24. The Morgan fingerprint density at radius 3 is 0.949 bits per heavy atom. The summed E-state index contributed by atoms with van der Waals surface area (Å²) < 4.78 is 15.4. The average molecular weight is 1110 g/mol. The van der Waals surface area contributed by atoms with Crippen LogP contribution < -0.4 is 5.32 Å². The molecule has 3 N–H and O–H groups in total. The zero-order valence-corrected chi connectivity index (χ0v) is 53.8. The average Bonchev–Trinajstić information content (AvgIpc) is 3.37. The summed E-state index contributed by atoms with van der Waals surface area (Å²) in [5.74, 6) is 1.33. The summed E-state index contributed by atoms with van der Waals surface area (Å²) in [6.07, 6.45) is 61.0. The maximum atomic E-state index is 10.8. The van der Waals surface area contributed by atoms with Crippen molar-refractivity contribution in [3.05, 3.63) is 164 Å². The minimum atomic E-state index is -4.36. The number of rotatable bonds is 45. The fraction of sp³-hybridized carbons (Fsp3) is 0.597. The molecular formula is C72H117N2O4P. The van der Waals surface area contributed by atoms with Gasteiger partial charge in [-0.15, -0.1) is 0 Å². The number of hydrogen-bond acceptors (Lipinski definition) is 4. The second kappa shape index (κ2) is 46.5. The van der Waals surface area contributed by atoms with E-state index in [1.165, 1.54) is 66.9 Å². The van der Waals surface area contributed by atoms with Gasteiger partial charge in [0, 0.05) is 12.7 Å². The predicted molar refractivity (Wildman–Crippen MR) is 350 cm³/mol. The number of nitrogens with one attached hydrogen (secondary N) is 1. The van der Waals surface area contributed by atoms with E-state index in [-0.39, 0.29) is 6.61 Å². The van der Waals surface area contributed by atoms with Crippen molar-refractivity contribution in [1.82, 2.24) is 4.98 Å². The normalized spacial score (nSPS) is 15.2. The summed E-state index contributed by atoms with van der Waals surface area (Å²) in [7, 11) is -4.36. The maximum Gasteiger partial charge on any atom is 0.469 e. The number of phosphoric ester groups is 1. The Labute approximate surface area is 487 Å². The third-order valence-electron chi connectivity index (χ3n) is 15.1. The summed E-state index contributed by atoms with van der Waals surface area (Å²) in [5.41, 5.74) is 18.0. The van der Waals surface area contributed by atoms with Crippen LogP contribution in [0.3, 0.4) is 0 Å². The van der Waals surface area contributed by atoms with Crippen molar-refractivity contribution in [3.8, 4) is 0 Å². The highest BCUT2D eigenvalue weighted by Crippen LogP contribution is 2.36. The fourth-order valence-corrected chi connectivity index (χ4v) is 9.76. The molecule has 0 bridgehead atoms. The molecule has 6 nitrogen and oxygen atoms in total. The second-order valence-corrected chi connectivity index (χ2v) is 24.8. The molecule has 0 aliphatic rings.